The molecular formula is C74H42N4S2. The standard InChI is InChI=1S/C74H42N4S2/c1-76-68-66(48-25-13-5-14-26-48)61(44-75)69(67(49-27-15-6-16-28-49)72(68)77-62-42-51(46-21-9-3-10-22-46)31-34-53(62)54-35-32-52(43-63(54)77)47-23-11-4-12-24-47)78-70-56(36-38-58-55-29-17-18-30-64(55)79-73(58)70)57-37-39-59-60-41-50(45-19-7-2-8-20-45)33-40-65(60)80-74(59)71(57)78/h2-43H. The number of thiophene rings is 2. The summed E-state index contributed by atoms with van der Waals surface area (Å²) >= 11 is 3.60. The van der Waals surface area contributed by atoms with Crippen LogP contribution in [0, 0.1) is 17.9 Å². The maximum absolute atomic E-state index is 12.4. The van der Waals surface area contributed by atoms with Crippen LogP contribution < -0.4 is 0 Å². The van der Waals surface area contributed by atoms with Crippen molar-refractivity contribution in [3.8, 4) is 73.1 Å². The molecule has 4 nitrogen and oxygen atoms in total. The zero-order chi connectivity index (χ0) is 53.0. The monoisotopic (exact) mass is 1050 g/mol. The Morgan fingerprint density at radius 2 is 0.750 bits per heavy atom. The highest BCUT2D eigenvalue weighted by molar-refractivity contribution is 7.27. The summed E-state index contributed by atoms with van der Waals surface area (Å²) in [6.45, 7) is 9.60. The molecule has 12 aromatic carbocycles. The van der Waals surface area contributed by atoms with E-state index < -0.39 is 0 Å². The Bertz CT molecular complexity index is 5190. The van der Waals surface area contributed by atoms with E-state index in [1.165, 1.54) is 25.7 Å². The van der Waals surface area contributed by atoms with E-state index in [2.05, 4.69) is 251 Å². The van der Waals surface area contributed by atoms with E-state index in [0.717, 1.165) is 114 Å². The van der Waals surface area contributed by atoms with E-state index in [1.807, 2.05) is 24.3 Å². The zero-order valence-corrected chi connectivity index (χ0v) is 44.5. The van der Waals surface area contributed by atoms with Crippen molar-refractivity contribution < 1.29 is 0 Å². The molecule has 6 heteroatoms. The number of nitrogens with zero attached hydrogens (tertiary/aromatic N) is 4. The third-order valence-electron chi connectivity index (χ3n) is 16.2. The van der Waals surface area contributed by atoms with Crippen molar-refractivity contribution in [1.82, 2.24) is 9.13 Å². The molecule has 0 saturated heterocycles. The van der Waals surface area contributed by atoms with Gasteiger partial charge in [0.15, 0.2) is 0 Å². The number of fused-ring (bicyclic) bond motifs is 14. The summed E-state index contributed by atoms with van der Waals surface area (Å²) in [6, 6.07) is 93.4. The van der Waals surface area contributed by atoms with Gasteiger partial charge in [0, 0.05) is 63.6 Å². The normalized spacial score (nSPS) is 11.7. The fraction of sp³-hybridized carbons (Fsp3) is 0. The van der Waals surface area contributed by atoms with Crippen LogP contribution in [0.2, 0.25) is 0 Å². The molecule has 0 unspecified atom stereocenters. The lowest BCUT2D eigenvalue weighted by Crippen LogP contribution is -2.09. The third kappa shape index (κ3) is 6.84. The van der Waals surface area contributed by atoms with Gasteiger partial charge in [-0.3, -0.25) is 0 Å². The summed E-state index contributed by atoms with van der Waals surface area (Å²) in [5, 5.41) is 21.4. The van der Waals surface area contributed by atoms with Crippen molar-refractivity contribution in [3.05, 3.63) is 272 Å². The predicted octanol–water partition coefficient (Wildman–Crippen LogP) is 21.4. The summed E-state index contributed by atoms with van der Waals surface area (Å²) in [6.07, 6.45) is 0. The van der Waals surface area contributed by atoms with Crippen molar-refractivity contribution in [2.45, 2.75) is 0 Å². The van der Waals surface area contributed by atoms with Crippen LogP contribution in [-0.4, -0.2) is 9.13 Å². The predicted molar refractivity (Wildman–Crippen MR) is 339 cm³/mol. The molecule has 0 aliphatic rings. The van der Waals surface area contributed by atoms with Crippen LogP contribution in [0.25, 0.3) is 156 Å². The number of nitriles is 1. The van der Waals surface area contributed by atoms with E-state index >= 15 is 0 Å². The quantitative estimate of drug-likeness (QED) is 0.147. The first-order chi connectivity index (χ1) is 39.6. The van der Waals surface area contributed by atoms with Crippen LogP contribution in [0.1, 0.15) is 5.56 Å². The molecule has 0 spiro atoms. The van der Waals surface area contributed by atoms with E-state index in [9.17, 15) is 11.8 Å². The summed E-state index contributed by atoms with van der Waals surface area (Å²) in [5.74, 6) is 0. The number of hydrogen-bond acceptors (Lipinski definition) is 3. The summed E-state index contributed by atoms with van der Waals surface area (Å²) in [5.41, 5.74) is 16.0. The SMILES string of the molecule is [C-]#[N+]c1c(-c2ccccc2)c(C#N)c(-n2c3c(ccc4c5ccccc5sc43)c3ccc4c5cc(-c6ccccc6)ccc5sc4c32)c(-c2ccccc2)c1-n1c2cc(-c3ccccc3)ccc2c2ccc(-c3ccccc3)cc21. The Balaban J connectivity index is 1.16. The highest BCUT2D eigenvalue weighted by atomic mass is 32.1. The molecule has 0 radical (unpaired) electrons. The lowest BCUT2D eigenvalue weighted by Gasteiger charge is -2.26. The molecule has 0 bridgehead atoms. The molecule has 0 amide bonds. The van der Waals surface area contributed by atoms with E-state index in [0.29, 0.717) is 22.5 Å². The van der Waals surface area contributed by atoms with Crippen LogP contribution in [0.15, 0.2) is 255 Å². The first-order valence-electron chi connectivity index (χ1n) is 26.7. The maximum atomic E-state index is 12.4. The average Bonchev–Trinajstić information content (AvgIpc) is 4.47. The second-order valence-corrected chi connectivity index (χ2v) is 22.6. The Kier molecular flexibility index (Phi) is 10.4. The molecule has 0 aliphatic carbocycles. The van der Waals surface area contributed by atoms with Gasteiger partial charge in [-0.25, -0.2) is 4.85 Å². The largest absolute Gasteiger partial charge is 0.318 e. The van der Waals surface area contributed by atoms with Gasteiger partial charge in [0.25, 0.3) is 0 Å². The molecule has 0 atom stereocenters. The average molecular weight is 1050 g/mol. The number of benzene rings is 12. The zero-order valence-electron chi connectivity index (χ0n) is 42.9. The second kappa shape index (κ2) is 18.1. The Morgan fingerprint density at radius 1 is 0.338 bits per heavy atom. The van der Waals surface area contributed by atoms with Gasteiger partial charge in [-0.15, -0.1) is 22.7 Å². The van der Waals surface area contributed by atoms with Crippen LogP contribution in [0.4, 0.5) is 5.69 Å². The van der Waals surface area contributed by atoms with Gasteiger partial charge in [0.2, 0.25) is 5.69 Å². The van der Waals surface area contributed by atoms with Gasteiger partial charge < -0.3 is 9.13 Å². The van der Waals surface area contributed by atoms with Gasteiger partial charge in [0.05, 0.1) is 55.0 Å². The maximum Gasteiger partial charge on any atom is 0.220 e. The summed E-state index contributed by atoms with van der Waals surface area (Å²) in [4.78, 5) is 4.68. The summed E-state index contributed by atoms with van der Waals surface area (Å²) < 4.78 is 9.46. The van der Waals surface area contributed by atoms with Gasteiger partial charge in [0.1, 0.15) is 6.07 Å². The molecule has 4 heterocycles. The van der Waals surface area contributed by atoms with Gasteiger partial charge in [-0.2, -0.15) is 5.26 Å². The number of rotatable bonds is 7. The highest BCUT2D eigenvalue weighted by Gasteiger charge is 2.33. The molecule has 16 rings (SSSR count). The minimum atomic E-state index is 0.401. The fourth-order valence-corrected chi connectivity index (χ4v) is 15.1. The van der Waals surface area contributed by atoms with Gasteiger partial charge >= 0.3 is 0 Å². The van der Waals surface area contributed by atoms with Gasteiger partial charge in [-0.05, 0) is 74.8 Å². The third-order valence-corrected chi connectivity index (χ3v) is 18.6. The van der Waals surface area contributed by atoms with Crippen LogP contribution in [0.3, 0.4) is 0 Å². The van der Waals surface area contributed by atoms with Gasteiger partial charge in [-0.1, -0.05) is 224 Å². The van der Waals surface area contributed by atoms with Crippen LogP contribution in [0.5, 0.6) is 0 Å². The Labute approximate surface area is 468 Å². The molecule has 0 aliphatic heterocycles. The number of aromatic nitrogens is 2. The van der Waals surface area contributed by atoms with Crippen molar-refractivity contribution in [2.24, 2.45) is 0 Å². The Hall–Kier alpha value is -10.3. The van der Waals surface area contributed by atoms with E-state index in [1.54, 1.807) is 22.7 Å². The minimum absolute atomic E-state index is 0.401. The van der Waals surface area contributed by atoms with Crippen LogP contribution in [-0.2, 0) is 0 Å². The smallest absolute Gasteiger partial charge is 0.220 e. The van der Waals surface area contributed by atoms with E-state index in [-0.39, 0.29) is 0 Å². The van der Waals surface area contributed by atoms with E-state index in [4.69, 9.17) is 0 Å². The first-order valence-corrected chi connectivity index (χ1v) is 28.4. The molecule has 370 valence electrons. The number of hydrogen-bond donors (Lipinski definition) is 0. The van der Waals surface area contributed by atoms with Crippen molar-refractivity contribution >= 4 is 112 Å². The Morgan fingerprint density at radius 3 is 1.26 bits per heavy atom. The molecule has 0 N–H and O–H groups in total. The van der Waals surface area contributed by atoms with Crippen LogP contribution >= 0.6 is 22.7 Å². The summed E-state index contributed by atoms with van der Waals surface area (Å²) in [7, 11) is 0. The second-order valence-electron chi connectivity index (χ2n) is 20.4. The minimum Gasteiger partial charge on any atom is -0.318 e. The molecule has 16 aromatic rings. The fourth-order valence-electron chi connectivity index (χ4n) is 12.6. The molecule has 0 saturated carbocycles. The molecule has 0 fully saturated rings. The molecular weight excluding hydrogens is 1010 g/mol. The van der Waals surface area contributed by atoms with Crippen molar-refractivity contribution in [2.75, 3.05) is 0 Å². The highest BCUT2D eigenvalue weighted by Crippen LogP contribution is 2.55. The lowest BCUT2D eigenvalue weighted by atomic mass is 9.88. The molecule has 80 heavy (non-hydrogen) atoms. The lowest BCUT2D eigenvalue weighted by molar-refractivity contribution is 1.14. The van der Waals surface area contributed by atoms with Crippen molar-refractivity contribution in [1.29, 1.82) is 5.26 Å². The van der Waals surface area contributed by atoms with Crippen molar-refractivity contribution in [3.63, 3.8) is 0 Å². The molecule has 4 aromatic heterocycles. The topological polar surface area (TPSA) is 38.0 Å². The first kappa shape index (κ1) is 45.8.